The number of rotatable bonds is 7. The van der Waals surface area contributed by atoms with Crippen molar-refractivity contribution >= 4 is 5.91 Å². The standard InChI is InChI=1S/C19H27N5O/c1-2-23(15-16-9-5-3-6-10-16)19(25)14-20-13-18-22-21-17-11-7-4-8-12-24(17)18/h3,5-6,9-10,20H,2,4,7-8,11-15H2,1H3. The first-order chi connectivity index (χ1) is 12.3. The Balaban J connectivity index is 1.51. The first-order valence-electron chi connectivity index (χ1n) is 9.21. The van der Waals surface area contributed by atoms with Crippen molar-refractivity contribution in [2.24, 2.45) is 0 Å². The second-order valence-corrected chi connectivity index (χ2v) is 6.49. The zero-order chi connectivity index (χ0) is 17.5. The van der Waals surface area contributed by atoms with Gasteiger partial charge in [0.25, 0.3) is 0 Å². The number of aryl methyl sites for hydroxylation is 1. The number of amides is 1. The molecule has 0 saturated carbocycles. The van der Waals surface area contributed by atoms with Crippen LogP contribution in [0.5, 0.6) is 0 Å². The molecular formula is C19H27N5O. The zero-order valence-corrected chi connectivity index (χ0v) is 14.9. The molecule has 0 saturated heterocycles. The zero-order valence-electron chi connectivity index (χ0n) is 14.9. The van der Waals surface area contributed by atoms with Crippen molar-refractivity contribution in [1.29, 1.82) is 0 Å². The molecule has 0 spiro atoms. The number of fused-ring (bicyclic) bond motifs is 1. The van der Waals surface area contributed by atoms with Crippen LogP contribution < -0.4 is 5.32 Å². The van der Waals surface area contributed by atoms with E-state index < -0.39 is 0 Å². The first-order valence-corrected chi connectivity index (χ1v) is 9.21. The van der Waals surface area contributed by atoms with Crippen molar-refractivity contribution in [2.75, 3.05) is 13.1 Å². The maximum absolute atomic E-state index is 12.5. The fraction of sp³-hybridized carbons (Fsp3) is 0.526. The number of carbonyl (C=O) groups excluding carboxylic acids is 1. The van der Waals surface area contributed by atoms with Gasteiger partial charge in [0.05, 0.1) is 13.1 Å². The van der Waals surface area contributed by atoms with E-state index in [9.17, 15) is 4.79 Å². The van der Waals surface area contributed by atoms with E-state index >= 15 is 0 Å². The molecule has 1 aliphatic rings. The van der Waals surface area contributed by atoms with Crippen LogP contribution in [0.25, 0.3) is 0 Å². The van der Waals surface area contributed by atoms with Gasteiger partial charge in [-0.1, -0.05) is 36.8 Å². The van der Waals surface area contributed by atoms with E-state index in [0.29, 0.717) is 26.2 Å². The Labute approximate surface area is 149 Å². The quantitative estimate of drug-likeness (QED) is 0.838. The predicted octanol–water partition coefficient (Wildman–Crippen LogP) is 2.14. The van der Waals surface area contributed by atoms with E-state index in [1.165, 1.54) is 19.3 Å². The highest BCUT2D eigenvalue weighted by molar-refractivity contribution is 5.78. The molecule has 2 heterocycles. The number of nitrogens with one attached hydrogen (secondary N) is 1. The lowest BCUT2D eigenvalue weighted by molar-refractivity contribution is -0.130. The minimum Gasteiger partial charge on any atom is -0.338 e. The highest BCUT2D eigenvalue weighted by Gasteiger charge is 2.16. The molecule has 6 heteroatoms. The molecule has 1 N–H and O–H groups in total. The number of benzene rings is 1. The Kier molecular flexibility index (Phi) is 6.17. The summed E-state index contributed by atoms with van der Waals surface area (Å²) in [5.41, 5.74) is 1.15. The van der Waals surface area contributed by atoms with Crippen LogP contribution in [-0.2, 0) is 30.8 Å². The average molecular weight is 341 g/mol. The number of carbonyl (C=O) groups is 1. The van der Waals surface area contributed by atoms with Crippen molar-refractivity contribution in [3.8, 4) is 0 Å². The molecule has 0 bridgehead atoms. The monoisotopic (exact) mass is 341 g/mol. The molecule has 0 radical (unpaired) electrons. The predicted molar refractivity (Wildman–Crippen MR) is 96.8 cm³/mol. The van der Waals surface area contributed by atoms with Crippen LogP contribution in [0.2, 0.25) is 0 Å². The van der Waals surface area contributed by atoms with Crippen LogP contribution in [0.15, 0.2) is 30.3 Å². The van der Waals surface area contributed by atoms with Gasteiger partial charge in [-0.3, -0.25) is 4.79 Å². The van der Waals surface area contributed by atoms with Gasteiger partial charge in [0, 0.05) is 26.1 Å². The van der Waals surface area contributed by atoms with Gasteiger partial charge in [0.2, 0.25) is 5.91 Å². The summed E-state index contributed by atoms with van der Waals surface area (Å²) in [6.45, 7) is 5.26. The summed E-state index contributed by atoms with van der Waals surface area (Å²) in [5, 5.41) is 11.8. The van der Waals surface area contributed by atoms with E-state index in [1.807, 2.05) is 30.0 Å². The van der Waals surface area contributed by atoms with Crippen LogP contribution in [0.1, 0.15) is 43.4 Å². The van der Waals surface area contributed by atoms with Gasteiger partial charge in [0.15, 0.2) is 0 Å². The normalized spacial score (nSPS) is 14.0. The van der Waals surface area contributed by atoms with E-state index in [-0.39, 0.29) is 5.91 Å². The summed E-state index contributed by atoms with van der Waals surface area (Å²) in [7, 11) is 0. The van der Waals surface area contributed by atoms with Crippen LogP contribution >= 0.6 is 0 Å². The maximum atomic E-state index is 12.5. The molecule has 1 aromatic heterocycles. The average Bonchev–Trinajstić information content (AvgIpc) is 2.87. The SMILES string of the molecule is CCN(Cc1ccccc1)C(=O)CNCc1nnc2n1CCCCC2. The molecule has 0 aliphatic carbocycles. The Bertz CT molecular complexity index is 682. The number of nitrogens with zero attached hydrogens (tertiary/aromatic N) is 4. The van der Waals surface area contributed by atoms with Gasteiger partial charge in [-0.25, -0.2) is 0 Å². The van der Waals surface area contributed by atoms with Gasteiger partial charge in [-0.2, -0.15) is 0 Å². The number of aromatic nitrogens is 3. The lowest BCUT2D eigenvalue weighted by Crippen LogP contribution is -2.37. The van der Waals surface area contributed by atoms with Crippen LogP contribution in [-0.4, -0.2) is 38.7 Å². The molecule has 1 amide bonds. The van der Waals surface area contributed by atoms with Crippen LogP contribution in [0.3, 0.4) is 0 Å². The van der Waals surface area contributed by atoms with Crippen molar-refractivity contribution < 1.29 is 4.79 Å². The molecular weight excluding hydrogens is 314 g/mol. The summed E-state index contributed by atoms with van der Waals surface area (Å²) < 4.78 is 2.21. The van der Waals surface area contributed by atoms with Crippen LogP contribution in [0.4, 0.5) is 0 Å². The van der Waals surface area contributed by atoms with E-state index in [0.717, 1.165) is 30.2 Å². The third kappa shape index (κ3) is 4.66. The largest absolute Gasteiger partial charge is 0.338 e. The topological polar surface area (TPSA) is 63.1 Å². The minimum absolute atomic E-state index is 0.113. The number of likely N-dealkylation sites (N-methyl/N-ethyl adjacent to an activating group) is 1. The second kappa shape index (κ2) is 8.76. The first kappa shape index (κ1) is 17.6. The van der Waals surface area contributed by atoms with E-state index in [1.54, 1.807) is 0 Å². The van der Waals surface area contributed by atoms with Gasteiger partial charge in [-0.15, -0.1) is 10.2 Å². The molecule has 1 aromatic carbocycles. The Morgan fingerprint density at radius 3 is 2.84 bits per heavy atom. The molecule has 1 aliphatic heterocycles. The van der Waals surface area contributed by atoms with Gasteiger partial charge >= 0.3 is 0 Å². The molecule has 0 fully saturated rings. The second-order valence-electron chi connectivity index (χ2n) is 6.49. The lowest BCUT2D eigenvalue weighted by atomic mass is 10.2. The van der Waals surface area contributed by atoms with Gasteiger partial charge in [0.1, 0.15) is 11.6 Å². The Morgan fingerprint density at radius 1 is 1.20 bits per heavy atom. The molecule has 3 rings (SSSR count). The third-order valence-corrected chi connectivity index (χ3v) is 4.70. The highest BCUT2D eigenvalue weighted by Crippen LogP contribution is 2.14. The lowest BCUT2D eigenvalue weighted by Gasteiger charge is -2.21. The number of hydrogen-bond acceptors (Lipinski definition) is 4. The van der Waals surface area contributed by atoms with Crippen molar-refractivity contribution in [2.45, 2.75) is 52.2 Å². The molecule has 25 heavy (non-hydrogen) atoms. The van der Waals surface area contributed by atoms with Gasteiger partial charge in [-0.05, 0) is 25.3 Å². The summed E-state index contributed by atoms with van der Waals surface area (Å²) in [6, 6.07) is 10.1. The molecule has 6 nitrogen and oxygen atoms in total. The summed E-state index contributed by atoms with van der Waals surface area (Å²) >= 11 is 0. The Hall–Kier alpha value is -2.21. The van der Waals surface area contributed by atoms with E-state index in [4.69, 9.17) is 0 Å². The maximum Gasteiger partial charge on any atom is 0.236 e. The van der Waals surface area contributed by atoms with Gasteiger partial charge < -0.3 is 14.8 Å². The molecule has 0 atom stereocenters. The number of hydrogen-bond donors (Lipinski definition) is 1. The molecule has 134 valence electrons. The molecule has 2 aromatic rings. The fourth-order valence-electron chi connectivity index (χ4n) is 3.25. The van der Waals surface area contributed by atoms with E-state index in [2.05, 4.69) is 32.2 Å². The highest BCUT2D eigenvalue weighted by atomic mass is 16.2. The third-order valence-electron chi connectivity index (χ3n) is 4.70. The minimum atomic E-state index is 0.113. The summed E-state index contributed by atoms with van der Waals surface area (Å²) in [4.78, 5) is 14.3. The van der Waals surface area contributed by atoms with Crippen molar-refractivity contribution in [1.82, 2.24) is 25.0 Å². The Morgan fingerprint density at radius 2 is 2.04 bits per heavy atom. The molecule has 0 unspecified atom stereocenters. The van der Waals surface area contributed by atoms with Crippen LogP contribution in [0, 0.1) is 0 Å². The van der Waals surface area contributed by atoms with Crippen molar-refractivity contribution in [3.05, 3.63) is 47.5 Å². The summed E-state index contributed by atoms with van der Waals surface area (Å²) in [6.07, 6.45) is 4.62. The smallest absolute Gasteiger partial charge is 0.236 e. The van der Waals surface area contributed by atoms with Crippen molar-refractivity contribution in [3.63, 3.8) is 0 Å². The fourth-order valence-corrected chi connectivity index (χ4v) is 3.25. The summed E-state index contributed by atoms with van der Waals surface area (Å²) in [5.74, 6) is 2.14.